The normalized spacial score (nSPS) is 10.3. The second kappa shape index (κ2) is 11.4. The number of hydrogen-bond acceptors (Lipinski definition) is 3. The van der Waals surface area contributed by atoms with E-state index in [0.717, 1.165) is 35.4 Å². The first-order valence-electron chi connectivity index (χ1n) is 7.55. The predicted octanol–water partition coefficient (Wildman–Crippen LogP) is 4.72. The third kappa shape index (κ3) is 6.77. The topological polar surface area (TPSA) is 30.5 Å². The lowest BCUT2D eigenvalue weighted by molar-refractivity contribution is 0.194. The lowest BCUT2D eigenvalue weighted by Crippen LogP contribution is -2.16. The Balaban J connectivity index is 0.00000288. The Morgan fingerprint density at radius 1 is 1.12 bits per heavy atom. The second-order valence-corrected chi connectivity index (χ2v) is 6.07. The molecule has 0 atom stereocenters. The molecule has 0 heterocycles. The van der Waals surface area contributed by atoms with Crippen molar-refractivity contribution in [2.45, 2.75) is 19.6 Å². The Bertz CT molecular complexity index is 628. The van der Waals surface area contributed by atoms with Crippen LogP contribution in [-0.2, 0) is 17.9 Å². The van der Waals surface area contributed by atoms with E-state index in [1.165, 1.54) is 6.07 Å². The summed E-state index contributed by atoms with van der Waals surface area (Å²) in [5, 5.41) is 3.36. The highest BCUT2D eigenvalue weighted by Gasteiger charge is 2.07. The zero-order valence-electron chi connectivity index (χ0n) is 13.6. The first-order valence-corrected chi connectivity index (χ1v) is 8.34. The number of methoxy groups -OCH3 is 1. The third-order valence-corrected chi connectivity index (χ3v) is 3.87. The van der Waals surface area contributed by atoms with E-state index >= 15 is 0 Å². The van der Waals surface area contributed by atoms with Gasteiger partial charge in [0.05, 0.1) is 0 Å². The summed E-state index contributed by atoms with van der Waals surface area (Å²) < 4.78 is 25.5. The molecule has 3 nitrogen and oxygen atoms in total. The molecule has 0 aliphatic rings. The summed E-state index contributed by atoms with van der Waals surface area (Å²) in [4.78, 5) is 0. The average molecular weight is 419 g/mol. The van der Waals surface area contributed by atoms with Crippen molar-refractivity contribution in [3.8, 4) is 5.75 Å². The fraction of sp³-hybridized carbons (Fsp3) is 0.333. The molecule has 24 heavy (non-hydrogen) atoms. The molecule has 0 aliphatic heterocycles. The van der Waals surface area contributed by atoms with Crippen LogP contribution in [0.4, 0.5) is 4.39 Å². The predicted molar refractivity (Wildman–Crippen MR) is 100 cm³/mol. The van der Waals surface area contributed by atoms with Gasteiger partial charge in [-0.3, -0.25) is 0 Å². The Kier molecular flexibility index (Phi) is 9.95. The summed E-state index contributed by atoms with van der Waals surface area (Å²) in [6.45, 7) is 2.51. The van der Waals surface area contributed by atoms with Gasteiger partial charge in [-0.1, -0.05) is 34.1 Å². The molecule has 0 fully saturated rings. The van der Waals surface area contributed by atoms with E-state index < -0.39 is 0 Å². The molecule has 1 N–H and O–H groups in total. The molecule has 0 unspecified atom stereocenters. The fourth-order valence-corrected chi connectivity index (χ4v) is 2.57. The summed E-state index contributed by atoms with van der Waals surface area (Å²) in [5.41, 5.74) is 1.59. The molecule has 0 spiro atoms. The zero-order valence-corrected chi connectivity index (χ0v) is 16.0. The summed E-state index contributed by atoms with van der Waals surface area (Å²) in [6, 6.07) is 12.5. The van der Waals surface area contributed by atoms with E-state index in [-0.39, 0.29) is 24.8 Å². The molecule has 0 saturated carbocycles. The van der Waals surface area contributed by atoms with Crippen molar-refractivity contribution >= 4 is 28.3 Å². The lowest BCUT2D eigenvalue weighted by atomic mass is 10.2. The van der Waals surface area contributed by atoms with Crippen molar-refractivity contribution in [3.05, 3.63) is 63.9 Å². The van der Waals surface area contributed by atoms with Crippen LogP contribution in [0.1, 0.15) is 17.5 Å². The second-order valence-electron chi connectivity index (χ2n) is 5.16. The van der Waals surface area contributed by atoms with E-state index in [2.05, 4.69) is 21.2 Å². The molecule has 0 amide bonds. The Morgan fingerprint density at radius 2 is 1.92 bits per heavy atom. The molecule has 0 radical (unpaired) electrons. The fourth-order valence-electron chi connectivity index (χ4n) is 2.16. The molecule has 6 heteroatoms. The summed E-state index contributed by atoms with van der Waals surface area (Å²) in [6.07, 6.45) is 0.954. The van der Waals surface area contributed by atoms with Crippen LogP contribution in [0.15, 0.2) is 46.9 Å². The number of rotatable bonds is 9. The average Bonchev–Trinajstić information content (AvgIpc) is 2.55. The van der Waals surface area contributed by atoms with Crippen LogP contribution >= 0.6 is 28.3 Å². The Morgan fingerprint density at radius 3 is 2.67 bits per heavy atom. The molecule has 0 aliphatic carbocycles. The highest BCUT2D eigenvalue weighted by Crippen LogP contribution is 2.24. The smallest absolute Gasteiger partial charge is 0.129 e. The first kappa shape index (κ1) is 20.9. The van der Waals surface area contributed by atoms with Gasteiger partial charge in [-0.2, -0.15) is 0 Å². The number of hydrogen-bond donors (Lipinski definition) is 1. The van der Waals surface area contributed by atoms with Crippen molar-refractivity contribution in [1.29, 1.82) is 0 Å². The maximum absolute atomic E-state index is 13.7. The maximum Gasteiger partial charge on any atom is 0.129 e. The van der Waals surface area contributed by atoms with Gasteiger partial charge < -0.3 is 14.8 Å². The van der Waals surface area contributed by atoms with E-state index in [0.29, 0.717) is 12.1 Å². The molecule has 0 saturated heterocycles. The number of ether oxygens (including phenoxy) is 2. The lowest BCUT2D eigenvalue weighted by Gasteiger charge is -2.13. The molecule has 2 aromatic carbocycles. The summed E-state index contributed by atoms with van der Waals surface area (Å²) >= 11 is 3.47. The molecular formula is C18H22BrClFNO2. The van der Waals surface area contributed by atoms with Gasteiger partial charge in [-0.15, -0.1) is 12.4 Å². The summed E-state index contributed by atoms with van der Waals surface area (Å²) in [7, 11) is 1.70. The first-order chi connectivity index (χ1) is 11.2. The van der Waals surface area contributed by atoms with Gasteiger partial charge in [-0.05, 0) is 37.2 Å². The van der Waals surface area contributed by atoms with Gasteiger partial charge >= 0.3 is 0 Å². The monoisotopic (exact) mass is 417 g/mol. The van der Waals surface area contributed by atoms with Crippen LogP contribution in [0.3, 0.4) is 0 Å². The van der Waals surface area contributed by atoms with Crippen LogP contribution in [0.5, 0.6) is 5.75 Å². The minimum Gasteiger partial charge on any atom is -0.488 e. The minimum absolute atomic E-state index is 0. The van der Waals surface area contributed by atoms with Gasteiger partial charge in [0.1, 0.15) is 18.2 Å². The van der Waals surface area contributed by atoms with Crippen LogP contribution in [0.25, 0.3) is 0 Å². The third-order valence-electron chi connectivity index (χ3n) is 3.38. The quantitative estimate of drug-likeness (QED) is 0.598. The molecule has 0 aromatic heterocycles. The van der Waals surface area contributed by atoms with Crippen LogP contribution < -0.4 is 10.1 Å². The minimum atomic E-state index is -0.246. The van der Waals surface area contributed by atoms with E-state index in [1.54, 1.807) is 19.2 Å². The molecular weight excluding hydrogens is 397 g/mol. The van der Waals surface area contributed by atoms with E-state index in [4.69, 9.17) is 9.47 Å². The molecule has 2 rings (SSSR count). The SMILES string of the molecule is COCCCNCc1cc(Br)ccc1OCc1ccccc1F.Cl. The van der Waals surface area contributed by atoms with Gasteiger partial charge in [0.15, 0.2) is 0 Å². The van der Waals surface area contributed by atoms with Crippen LogP contribution in [-0.4, -0.2) is 20.3 Å². The maximum atomic E-state index is 13.7. The number of benzene rings is 2. The molecule has 2 aromatic rings. The standard InChI is InChI=1S/C18H21BrFNO2.ClH/c1-22-10-4-9-21-12-15-11-16(19)7-8-18(15)23-13-14-5-2-3-6-17(14)20;/h2-3,5-8,11,21H,4,9-10,12-13H2,1H3;1H. The van der Waals surface area contributed by atoms with Crippen molar-refractivity contribution in [2.75, 3.05) is 20.3 Å². The highest BCUT2D eigenvalue weighted by atomic mass is 79.9. The van der Waals surface area contributed by atoms with Crippen molar-refractivity contribution < 1.29 is 13.9 Å². The van der Waals surface area contributed by atoms with Crippen LogP contribution in [0.2, 0.25) is 0 Å². The molecule has 132 valence electrons. The number of nitrogens with one attached hydrogen (secondary N) is 1. The van der Waals surface area contributed by atoms with Crippen molar-refractivity contribution in [3.63, 3.8) is 0 Å². The van der Waals surface area contributed by atoms with Crippen molar-refractivity contribution in [2.24, 2.45) is 0 Å². The summed E-state index contributed by atoms with van der Waals surface area (Å²) in [5.74, 6) is 0.513. The molecule has 0 bridgehead atoms. The van der Waals surface area contributed by atoms with E-state index in [9.17, 15) is 4.39 Å². The van der Waals surface area contributed by atoms with Gasteiger partial charge in [0.2, 0.25) is 0 Å². The van der Waals surface area contributed by atoms with Gasteiger partial charge in [0, 0.05) is 35.9 Å². The number of halogens is 3. The van der Waals surface area contributed by atoms with Crippen LogP contribution in [0, 0.1) is 5.82 Å². The Labute approximate surface area is 157 Å². The van der Waals surface area contributed by atoms with E-state index in [1.807, 2.05) is 24.3 Å². The Hall–Kier alpha value is -1.14. The van der Waals surface area contributed by atoms with Gasteiger partial charge in [0.25, 0.3) is 0 Å². The highest BCUT2D eigenvalue weighted by molar-refractivity contribution is 9.10. The largest absolute Gasteiger partial charge is 0.488 e. The zero-order chi connectivity index (χ0) is 16.5. The van der Waals surface area contributed by atoms with Gasteiger partial charge in [-0.25, -0.2) is 4.39 Å². The van der Waals surface area contributed by atoms with Crippen molar-refractivity contribution in [1.82, 2.24) is 5.32 Å².